The zero-order chi connectivity index (χ0) is 13.6. The lowest BCUT2D eigenvalue weighted by Gasteiger charge is -2.25. The molecule has 0 aliphatic heterocycles. The summed E-state index contributed by atoms with van der Waals surface area (Å²) in [6, 6.07) is 2.01. The van der Waals surface area contributed by atoms with Crippen molar-refractivity contribution in [3.63, 3.8) is 0 Å². The second kappa shape index (κ2) is 7.49. The number of aromatic nitrogens is 1. The Labute approximate surface area is 127 Å². The monoisotopic (exact) mass is 376 g/mol. The van der Waals surface area contributed by atoms with Crippen LogP contribution in [0.3, 0.4) is 0 Å². The van der Waals surface area contributed by atoms with Crippen LogP contribution in [0.4, 0.5) is 5.82 Å². The number of unbranched alkanes of at least 4 members (excludes halogenated alkanes) is 2. The number of nitrogens with one attached hydrogen (secondary N) is 1. The molecule has 102 valence electrons. The van der Waals surface area contributed by atoms with E-state index in [-0.39, 0.29) is 0 Å². The van der Waals surface area contributed by atoms with Crippen LogP contribution in [0, 0.1) is 5.41 Å². The number of pyridine rings is 1. The van der Waals surface area contributed by atoms with E-state index in [1.165, 1.54) is 25.7 Å². The highest BCUT2D eigenvalue weighted by Gasteiger charge is 2.17. The van der Waals surface area contributed by atoms with Crippen LogP contribution in [0.25, 0.3) is 0 Å². The third-order valence-corrected chi connectivity index (χ3v) is 4.04. The van der Waals surface area contributed by atoms with Gasteiger partial charge in [0.1, 0.15) is 5.82 Å². The Morgan fingerprint density at radius 3 is 2.61 bits per heavy atom. The molecule has 4 heteroatoms. The van der Waals surface area contributed by atoms with Crippen LogP contribution in [0.5, 0.6) is 0 Å². The molecular weight excluding hydrogens is 356 g/mol. The molecular formula is C14H22Br2N2. The molecule has 0 saturated carbocycles. The lowest BCUT2D eigenvalue weighted by molar-refractivity contribution is 0.342. The molecule has 1 aromatic rings. The largest absolute Gasteiger partial charge is 0.369 e. The van der Waals surface area contributed by atoms with E-state index in [9.17, 15) is 0 Å². The molecule has 0 atom stereocenters. The molecule has 1 rings (SSSR count). The molecule has 0 aliphatic carbocycles. The van der Waals surface area contributed by atoms with Gasteiger partial charge in [0.05, 0.1) is 4.47 Å². The summed E-state index contributed by atoms with van der Waals surface area (Å²) in [5.41, 5.74) is 0.309. The fourth-order valence-corrected chi connectivity index (χ4v) is 2.94. The van der Waals surface area contributed by atoms with Gasteiger partial charge in [0.25, 0.3) is 0 Å². The number of nitrogens with zero attached hydrogens (tertiary/aromatic N) is 1. The molecule has 18 heavy (non-hydrogen) atoms. The van der Waals surface area contributed by atoms with Crippen molar-refractivity contribution in [1.82, 2.24) is 4.98 Å². The third kappa shape index (κ3) is 5.70. The summed E-state index contributed by atoms with van der Waals surface area (Å²) >= 11 is 6.93. The molecule has 0 aliphatic rings. The van der Waals surface area contributed by atoms with Gasteiger partial charge in [-0.2, -0.15) is 0 Å². The molecule has 1 heterocycles. The molecule has 0 spiro atoms. The van der Waals surface area contributed by atoms with Crippen molar-refractivity contribution >= 4 is 37.7 Å². The number of hydrogen-bond acceptors (Lipinski definition) is 2. The SMILES string of the molecule is CCCCCC(C)(C)CNc1ncc(Br)cc1Br. The quantitative estimate of drug-likeness (QED) is 0.623. The van der Waals surface area contributed by atoms with E-state index in [0.717, 1.165) is 21.3 Å². The number of anilines is 1. The summed E-state index contributed by atoms with van der Waals surface area (Å²) in [4.78, 5) is 4.37. The number of rotatable bonds is 7. The van der Waals surface area contributed by atoms with Crippen LogP contribution < -0.4 is 5.32 Å². The highest BCUT2D eigenvalue weighted by atomic mass is 79.9. The Bertz CT molecular complexity index is 378. The van der Waals surface area contributed by atoms with Gasteiger partial charge in [0.15, 0.2) is 0 Å². The Hall–Kier alpha value is -0.0900. The highest BCUT2D eigenvalue weighted by molar-refractivity contribution is 9.11. The summed E-state index contributed by atoms with van der Waals surface area (Å²) < 4.78 is 1.99. The minimum absolute atomic E-state index is 0.309. The molecule has 0 saturated heterocycles. The van der Waals surface area contributed by atoms with Crippen LogP contribution in [-0.2, 0) is 0 Å². The van der Waals surface area contributed by atoms with Gasteiger partial charge in [-0.25, -0.2) is 4.98 Å². The zero-order valence-electron chi connectivity index (χ0n) is 11.4. The highest BCUT2D eigenvalue weighted by Crippen LogP contribution is 2.27. The Kier molecular flexibility index (Phi) is 6.64. The smallest absolute Gasteiger partial charge is 0.140 e. The van der Waals surface area contributed by atoms with Crippen molar-refractivity contribution in [2.75, 3.05) is 11.9 Å². The van der Waals surface area contributed by atoms with Crippen LogP contribution in [0.2, 0.25) is 0 Å². The Morgan fingerprint density at radius 2 is 2.00 bits per heavy atom. The normalized spacial score (nSPS) is 11.6. The third-order valence-electron chi connectivity index (χ3n) is 3.00. The summed E-state index contributed by atoms with van der Waals surface area (Å²) in [7, 11) is 0. The fraction of sp³-hybridized carbons (Fsp3) is 0.643. The fourth-order valence-electron chi connectivity index (χ4n) is 1.81. The molecule has 2 nitrogen and oxygen atoms in total. The van der Waals surface area contributed by atoms with E-state index < -0.39 is 0 Å². The lowest BCUT2D eigenvalue weighted by Crippen LogP contribution is -2.23. The second-order valence-electron chi connectivity index (χ2n) is 5.46. The molecule has 0 amide bonds. The Morgan fingerprint density at radius 1 is 1.28 bits per heavy atom. The first kappa shape index (κ1) is 16.0. The summed E-state index contributed by atoms with van der Waals surface area (Å²) in [5.74, 6) is 0.918. The van der Waals surface area contributed by atoms with Crippen LogP contribution in [0.1, 0.15) is 46.5 Å². The maximum Gasteiger partial charge on any atom is 0.140 e. The average Bonchev–Trinajstić information content (AvgIpc) is 2.28. The lowest BCUT2D eigenvalue weighted by atomic mass is 9.87. The first-order chi connectivity index (χ1) is 8.44. The standard InChI is InChI=1S/C14H22Br2N2/c1-4-5-6-7-14(2,3)10-18-13-12(16)8-11(15)9-17-13/h8-9H,4-7,10H2,1-3H3,(H,17,18). The molecule has 0 radical (unpaired) electrons. The first-order valence-electron chi connectivity index (χ1n) is 6.49. The van der Waals surface area contributed by atoms with Gasteiger partial charge >= 0.3 is 0 Å². The average molecular weight is 378 g/mol. The van der Waals surface area contributed by atoms with Crippen LogP contribution in [-0.4, -0.2) is 11.5 Å². The van der Waals surface area contributed by atoms with E-state index in [1.54, 1.807) is 0 Å². The van der Waals surface area contributed by atoms with E-state index in [4.69, 9.17) is 0 Å². The van der Waals surface area contributed by atoms with E-state index >= 15 is 0 Å². The first-order valence-corrected chi connectivity index (χ1v) is 8.08. The van der Waals surface area contributed by atoms with E-state index in [2.05, 4.69) is 62.9 Å². The number of halogens is 2. The van der Waals surface area contributed by atoms with Gasteiger partial charge in [0.2, 0.25) is 0 Å². The summed E-state index contributed by atoms with van der Waals surface area (Å²) in [6.45, 7) is 7.81. The van der Waals surface area contributed by atoms with Crippen molar-refractivity contribution in [2.45, 2.75) is 46.5 Å². The molecule has 0 aromatic carbocycles. The predicted molar refractivity (Wildman–Crippen MR) is 86.0 cm³/mol. The topological polar surface area (TPSA) is 24.9 Å². The van der Waals surface area contributed by atoms with Gasteiger partial charge in [-0.05, 0) is 49.8 Å². The van der Waals surface area contributed by atoms with Gasteiger partial charge in [0, 0.05) is 17.2 Å². The maximum atomic E-state index is 4.37. The van der Waals surface area contributed by atoms with E-state index in [0.29, 0.717) is 5.41 Å². The van der Waals surface area contributed by atoms with Crippen molar-refractivity contribution in [1.29, 1.82) is 0 Å². The van der Waals surface area contributed by atoms with Gasteiger partial charge < -0.3 is 5.32 Å². The van der Waals surface area contributed by atoms with E-state index in [1.807, 2.05) is 12.3 Å². The van der Waals surface area contributed by atoms with Crippen molar-refractivity contribution in [2.24, 2.45) is 5.41 Å². The van der Waals surface area contributed by atoms with Crippen molar-refractivity contribution in [3.8, 4) is 0 Å². The molecule has 0 unspecified atom stereocenters. The maximum absolute atomic E-state index is 4.37. The minimum atomic E-state index is 0.309. The molecule has 1 aromatic heterocycles. The molecule has 1 N–H and O–H groups in total. The Balaban J connectivity index is 2.48. The van der Waals surface area contributed by atoms with Crippen LogP contribution >= 0.6 is 31.9 Å². The van der Waals surface area contributed by atoms with Crippen molar-refractivity contribution in [3.05, 3.63) is 21.2 Å². The van der Waals surface area contributed by atoms with Gasteiger partial charge in [-0.1, -0.05) is 40.0 Å². The summed E-state index contributed by atoms with van der Waals surface area (Å²) in [6.07, 6.45) is 6.98. The predicted octanol–water partition coefficient (Wildman–Crippen LogP) is 5.63. The summed E-state index contributed by atoms with van der Waals surface area (Å²) in [5, 5.41) is 3.43. The second-order valence-corrected chi connectivity index (χ2v) is 7.23. The van der Waals surface area contributed by atoms with Gasteiger partial charge in [-0.3, -0.25) is 0 Å². The molecule has 0 fully saturated rings. The zero-order valence-corrected chi connectivity index (χ0v) is 14.6. The van der Waals surface area contributed by atoms with Gasteiger partial charge in [-0.15, -0.1) is 0 Å². The number of hydrogen-bond donors (Lipinski definition) is 1. The molecule has 0 bridgehead atoms. The van der Waals surface area contributed by atoms with Crippen LogP contribution in [0.15, 0.2) is 21.2 Å². The van der Waals surface area contributed by atoms with Crippen molar-refractivity contribution < 1.29 is 0 Å². The minimum Gasteiger partial charge on any atom is -0.369 e.